The molecule has 0 bridgehead atoms. The van der Waals surface area contributed by atoms with Crippen LogP contribution in [-0.4, -0.2) is 58.8 Å². The predicted octanol–water partition coefficient (Wildman–Crippen LogP) is 0.923. The maximum atomic E-state index is 12.1. The summed E-state index contributed by atoms with van der Waals surface area (Å²) in [6.45, 7) is 5.04. The van der Waals surface area contributed by atoms with Crippen molar-refractivity contribution in [2.24, 2.45) is 5.16 Å². The lowest BCUT2D eigenvalue weighted by atomic mass is 10.1. The van der Waals surface area contributed by atoms with Gasteiger partial charge in [-0.15, -0.1) is 0 Å². The minimum absolute atomic E-state index is 0.249. The van der Waals surface area contributed by atoms with Crippen LogP contribution in [-0.2, 0) is 4.79 Å². The first-order valence-electron chi connectivity index (χ1n) is 6.46. The van der Waals surface area contributed by atoms with E-state index in [1.165, 1.54) is 12.8 Å². The third-order valence-electron chi connectivity index (χ3n) is 3.58. The number of hydrogen-bond donors (Lipinski definition) is 1. The predicted molar refractivity (Wildman–Crippen MR) is 65.3 cm³/mol. The number of hydrogen-bond acceptors (Lipinski definition) is 4. The quantitative estimate of drug-likeness (QED) is 0.586. The standard InChI is InChI=1S/C12H21N3O2/c1-2-15(11-3-4-11)12(16)9-14-7-5-10(13-17)6-8-14/h11,17H,2-9H2,1H3. The Morgan fingerprint density at radius 3 is 2.59 bits per heavy atom. The molecular weight excluding hydrogens is 218 g/mol. The van der Waals surface area contributed by atoms with Crippen LogP contribution in [0.15, 0.2) is 5.16 Å². The molecule has 5 nitrogen and oxygen atoms in total. The Kier molecular flexibility index (Phi) is 3.99. The lowest BCUT2D eigenvalue weighted by molar-refractivity contribution is -0.132. The summed E-state index contributed by atoms with van der Waals surface area (Å²) in [4.78, 5) is 16.2. The van der Waals surface area contributed by atoms with Crippen molar-refractivity contribution >= 4 is 11.6 Å². The molecule has 0 unspecified atom stereocenters. The first kappa shape index (κ1) is 12.4. The molecule has 2 rings (SSSR count). The number of nitrogens with zero attached hydrogens (tertiary/aromatic N) is 3. The van der Waals surface area contributed by atoms with Crippen LogP contribution in [0.3, 0.4) is 0 Å². The zero-order valence-electron chi connectivity index (χ0n) is 10.4. The summed E-state index contributed by atoms with van der Waals surface area (Å²) in [5.74, 6) is 0.249. The molecule has 0 radical (unpaired) electrons. The summed E-state index contributed by atoms with van der Waals surface area (Å²) in [6, 6.07) is 0.506. The topological polar surface area (TPSA) is 56.1 Å². The third kappa shape index (κ3) is 3.19. The number of likely N-dealkylation sites (tertiary alicyclic amines) is 1. The van der Waals surface area contributed by atoms with E-state index in [-0.39, 0.29) is 5.91 Å². The normalized spacial score (nSPS) is 21.4. The maximum absolute atomic E-state index is 12.1. The molecule has 96 valence electrons. The fraction of sp³-hybridized carbons (Fsp3) is 0.833. The van der Waals surface area contributed by atoms with Crippen LogP contribution in [0.5, 0.6) is 0 Å². The molecule has 1 aliphatic heterocycles. The smallest absolute Gasteiger partial charge is 0.236 e. The van der Waals surface area contributed by atoms with Gasteiger partial charge in [0.2, 0.25) is 5.91 Å². The Balaban J connectivity index is 1.78. The van der Waals surface area contributed by atoms with Gasteiger partial charge in [0, 0.05) is 38.5 Å². The van der Waals surface area contributed by atoms with Gasteiger partial charge in [-0.05, 0) is 19.8 Å². The Morgan fingerprint density at radius 2 is 2.12 bits per heavy atom. The largest absolute Gasteiger partial charge is 0.411 e. The first-order valence-corrected chi connectivity index (χ1v) is 6.46. The van der Waals surface area contributed by atoms with E-state index in [4.69, 9.17) is 5.21 Å². The molecule has 1 heterocycles. The van der Waals surface area contributed by atoms with Crippen LogP contribution >= 0.6 is 0 Å². The van der Waals surface area contributed by atoms with Gasteiger partial charge in [-0.1, -0.05) is 5.16 Å². The van der Waals surface area contributed by atoms with Gasteiger partial charge in [-0.3, -0.25) is 9.69 Å². The van der Waals surface area contributed by atoms with E-state index in [0.29, 0.717) is 12.6 Å². The first-order chi connectivity index (χ1) is 8.24. The molecule has 5 heteroatoms. The number of carbonyl (C=O) groups is 1. The Hall–Kier alpha value is -1.10. The van der Waals surface area contributed by atoms with Crippen molar-refractivity contribution in [3.63, 3.8) is 0 Å². The molecule has 17 heavy (non-hydrogen) atoms. The Bertz CT molecular complexity index is 303. The number of carbonyl (C=O) groups excluding carboxylic acids is 1. The minimum Gasteiger partial charge on any atom is -0.411 e. The monoisotopic (exact) mass is 239 g/mol. The van der Waals surface area contributed by atoms with Gasteiger partial charge in [0.15, 0.2) is 0 Å². The van der Waals surface area contributed by atoms with E-state index in [9.17, 15) is 4.79 Å². The van der Waals surface area contributed by atoms with Crippen LogP contribution in [0.1, 0.15) is 32.6 Å². The highest BCUT2D eigenvalue weighted by atomic mass is 16.4. The zero-order chi connectivity index (χ0) is 12.3. The van der Waals surface area contributed by atoms with Crippen molar-refractivity contribution in [1.29, 1.82) is 0 Å². The summed E-state index contributed by atoms with van der Waals surface area (Å²) in [5, 5.41) is 11.9. The number of piperidine rings is 1. The van der Waals surface area contributed by atoms with Gasteiger partial charge in [0.05, 0.1) is 12.3 Å². The summed E-state index contributed by atoms with van der Waals surface area (Å²) in [5.41, 5.74) is 0.850. The number of likely N-dealkylation sites (N-methyl/N-ethyl adjacent to an activating group) is 1. The van der Waals surface area contributed by atoms with Crippen molar-refractivity contribution < 1.29 is 10.0 Å². The van der Waals surface area contributed by atoms with Crippen molar-refractivity contribution in [2.45, 2.75) is 38.6 Å². The molecule has 0 aromatic heterocycles. The number of oxime groups is 1. The molecule has 0 aromatic carbocycles. The lowest BCUT2D eigenvalue weighted by Gasteiger charge is -2.29. The third-order valence-corrected chi connectivity index (χ3v) is 3.58. The maximum Gasteiger partial charge on any atom is 0.236 e. The summed E-state index contributed by atoms with van der Waals surface area (Å²) >= 11 is 0. The van der Waals surface area contributed by atoms with Gasteiger partial charge in [-0.25, -0.2) is 0 Å². The fourth-order valence-corrected chi connectivity index (χ4v) is 2.38. The zero-order valence-corrected chi connectivity index (χ0v) is 10.4. The van der Waals surface area contributed by atoms with E-state index in [1.54, 1.807) is 0 Å². The second-order valence-corrected chi connectivity index (χ2v) is 4.85. The molecule has 1 aliphatic carbocycles. The lowest BCUT2D eigenvalue weighted by Crippen LogP contribution is -2.44. The second kappa shape index (κ2) is 5.49. The molecule has 2 aliphatic rings. The molecule has 1 saturated carbocycles. The van der Waals surface area contributed by atoms with E-state index in [0.717, 1.165) is 38.2 Å². The van der Waals surface area contributed by atoms with Gasteiger partial charge >= 0.3 is 0 Å². The number of rotatable bonds is 4. The average Bonchev–Trinajstić information content (AvgIpc) is 3.15. The van der Waals surface area contributed by atoms with Crippen LogP contribution in [0.2, 0.25) is 0 Å². The fourth-order valence-electron chi connectivity index (χ4n) is 2.38. The number of amides is 1. The highest BCUT2D eigenvalue weighted by molar-refractivity contribution is 5.85. The molecule has 1 N–H and O–H groups in total. The van der Waals surface area contributed by atoms with Crippen LogP contribution in [0, 0.1) is 0 Å². The van der Waals surface area contributed by atoms with Crippen LogP contribution in [0.4, 0.5) is 0 Å². The van der Waals surface area contributed by atoms with E-state index < -0.39 is 0 Å². The van der Waals surface area contributed by atoms with Gasteiger partial charge in [0.1, 0.15) is 0 Å². The average molecular weight is 239 g/mol. The van der Waals surface area contributed by atoms with Crippen LogP contribution < -0.4 is 0 Å². The summed E-state index contributed by atoms with van der Waals surface area (Å²) < 4.78 is 0. The Morgan fingerprint density at radius 1 is 1.47 bits per heavy atom. The van der Waals surface area contributed by atoms with E-state index in [2.05, 4.69) is 10.1 Å². The molecule has 1 amide bonds. The highest BCUT2D eigenvalue weighted by Crippen LogP contribution is 2.26. The molecular formula is C12H21N3O2. The van der Waals surface area contributed by atoms with Crippen molar-refractivity contribution in [1.82, 2.24) is 9.80 Å². The van der Waals surface area contributed by atoms with E-state index >= 15 is 0 Å². The van der Waals surface area contributed by atoms with E-state index in [1.807, 2.05) is 11.8 Å². The molecule has 0 aromatic rings. The second-order valence-electron chi connectivity index (χ2n) is 4.85. The van der Waals surface area contributed by atoms with Crippen molar-refractivity contribution in [2.75, 3.05) is 26.2 Å². The minimum atomic E-state index is 0.249. The van der Waals surface area contributed by atoms with Gasteiger partial charge < -0.3 is 10.1 Å². The summed E-state index contributed by atoms with van der Waals surface area (Å²) in [7, 11) is 0. The Labute approximate surface area is 102 Å². The van der Waals surface area contributed by atoms with Crippen LogP contribution in [0.25, 0.3) is 0 Å². The highest BCUT2D eigenvalue weighted by Gasteiger charge is 2.32. The van der Waals surface area contributed by atoms with Crippen molar-refractivity contribution in [3.05, 3.63) is 0 Å². The molecule has 1 saturated heterocycles. The SMILES string of the molecule is CCN(C(=O)CN1CCC(=NO)CC1)C1CC1. The molecule has 0 atom stereocenters. The van der Waals surface area contributed by atoms with Crippen molar-refractivity contribution in [3.8, 4) is 0 Å². The van der Waals surface area contributed by atoms with Gasteiger partial charge in [0.25, 0.3) is 0 Å². The molecule has 2 fully saturated rings. The molecule has 0 spiro atoms. The van der Waals surface area contributed by atoms with Gasteiger partial charge in [-0.2, -0.15) is 0 Å². The summed E-state index contributed by atoms with van der Waals surface area (Å²) in [6.07, 6.45) is 3.89.